The Morgan fingerprint density at radius 1 is 1.29 bits per heavy atom. The van der Waals surface area contributed by atoms with Crippen molar-refractivity contribution in [3.8, 4) is 0 Å². The number of hydrogen-bond donors (Lipinski definition) is 3. The molecule has 1 atom stereocenters. The highest BCUT2D eigenvalue weighted by atomic mass is 16.4. The topological polar surface area (TPSA) is 108 Å². The number of rotatable bonds is 6. The summed E-state index contributed by atoms with van der Waals surface area (Å²) < 4.78 is 1.25. The molecule has 0 saturated carbocycles. The molecular weight excluding hydrogens is 274 g/mol. The van der Waals surface area contributed by atoms with Crippen LogP contribution >= 0.6 is 0 Å². The van der Waals surface area contributed by atoms with E-state index in [0.29, 0.717) is 0 Å². The van der Waals surface area contributed by atoms with Gasteiger partial charge in [-0.15, -0.1) is 5.10 Å². The maximum atomic E-state index is 11.1. The van der Waals surface area contributed by atoms with Crippen LogP contribution in [0.1, 0.15) is 21.7 Å². The maximum absolute atomic E-state index is 11.1. The second kappa shape index (κ2) is 6.78. The van der Waals surface area contributed by atoms with Gasteiger partial charge in [-0.2, -0.15) is 0 Å². The van der Waals surface area contributed by atoms with Crippen molar-refractivity contribution in [3.05, 3.63) is 47.3 Å². The van der Waals surface area contributed by atoms with E-state index in [2.05, 4.69) is 10.3 Å². The molecule has 0 aliphatic carbocycles. The fourth-order valence-electron chi connectivity index (χ4n) is 1.77. The summed E-state index contributed by atoms with van der Waals surface area (Å²) >= 11 is 0. The van der Waals surface area contributed by atoms with Crippen LogP contribution in [0, 0.1) is 0 Å². The van der Waals surface area contributed by atoms with E-state index in [1.165, 1.54) is 4.68 Å². The first-order valence-corrected chi connectivity index (χ1v) is 6.30. The first-order valence-electron chi connectivity index (χ1n) is 6.30. The van der Waals surface area contributed by atoms with Crippen molar-refractivity contribution in [1.29, 1.82) is 0 Å². The minimum atomic E-state index is -1.20. The summed E-state index contributed by atoms with van der Waals surface area (Å²) in [5.74, 6) is -1.20. The van der Waals surface area contributed by atoms with Gasteiger partial charge in [-0.25, -0.2) is 9.48 Å². The van der Waals surface area contributed by atoms with E-state index in [9.17, 15) is 9.90 Å². The minimum Gasteiger partial charge on any atom is -0.476 e. The molecule has 1 unspecified atom stereocenters. The van der Waals surface area contributed by atoms with Crippen molar-refractivity contribution in [2.75, 3.05) is 6.61 Å². The van der Waals surface area contributed by atoms with E-state index in [-0.39, 0.29) is 17.9 Å². The zero-order valence-electron chi connectivity index (χ0n) is 11.1. The van der Waals surface area contributed by atoms with Crippen LogP contribution in [0.3, 0.4) is 0 Å². The Bertz CT molecular complexity index is 637. The number of aliphatic hydroxyl groups excluding tert-OH is 2. The van der Waals surface area contributed by atoms with Crippen LogP contribution in [0.15, 0.2) is 30.3 Å². The summed E-state index contributed by atoms with van der Waals surface area (Å²) in [6.07, 6.45) is 2.27. The highest BCUT2D eigenvalue weighted by Crippen LogP contribution is 2.12. The van der Waals surface area contributed by atoms with Crippen LogP contribution in [-0.2, 0) is 6.54 Å². The Balaban J connectivity index is 2.33. The van der Waals surface area contributed by atoms with E-state index in [0.717, 1.165) is 5.56 Å². The quantitative estimate of drug-likeness (QED) is 0.714. The average molecular weight is 289 g/mol. The van der Waals surface area contributed by atoms with E-state index >= 15 is 0 Å². The SMILES string of the molecule is O=C(O)c1nnn(CC(O)CO)c1/C=C/c1ccccc1. The molecule has 1 aromatic carbocycles. The smallest absolute Gasteiger partial charge is 0.358 e. The molecule has 0 amide bonds. The molecule has 0 saturated heterocycles. The van der Waals surface area contributed by atoms with Crippen molar-refractivity contribution in [1.82, 2.24) is 15.0 Å². The molecule has 7 heteroatoms. The van der Waals surface area contributed by atoms with Crippen LogP contribution in [0.5, 0.6) is 0 Å². The zero-order chi connectivity index (χ0) is 15.2. The summed E-state index contributed by atoms with van der Waals surface area (Å²) in [5, 5.41) is 34.7. The molecule has 0 fully saturated rings. The number of benzene rings is 1. The van der Waals surface area contributed by atoms with Crippen LogP contribution in [-0.4, -0.2) is 49.0 Å². The molecule has 3 N–H and O–H groups in total. The monoisotopic (exact) mass is 289 g/mol. The van der Waals surface area contributed by atoms with Crippen molar-refractivity contribution in [2.24, 2.45) is 0 Å². The fraction of sp³-hybridized carbons (Fsp3) is 0.214. The maximum Gasteiger partial charge on any atom is 0.358 e. The first-order chi connectivity index (χ1) is 10.1. The summed E-state index contributed by atoms with van der Waals surface area (Å²) in [5.41, 5.74) is 0.954. The molecule has 110 valence electrons. The molecule has 2 aromatic rings. The molecular formula is C14H15N3O4. The van der Waals surface area contributed by atoms with Crippen molar-refractivity contribution in [2.45, 2.75) is 12.6 Å². The minimum absolute atomic E-state index is 0.0365. The largest absolute Gasteiger partial charge is 0.476 e. The molecule has 7 nitrogen and oxygen atoms in total. The van der Waals surface area contributed by atoms with E-state index in [1.807, 2.05) is 30.3 Å². The number of carboxylic acids is 1. The van der Waals surface area contributed by atoms with Crippen molar-refractivity contribution >= 4 is 18.1 Å². The molecule has 0 aliphatic rings. The molecule has 1 heterocycles. The Morgan fingerprint density at radius 3 is 2.62 bits per heavy atom. The van der Waals surface area contributed by atoms with E-state index < -0.39 is 18.7 Å². The molecule has 0 spiro atoms. The Morgan fingerprint density at radius 2 is 2.00 bits per heavy atom. The lowest BCUT2D eigenvalue weighted by molar-refractivity contribution is 0.0689. The number of aromatic nitrogens is 3. The number of carboxylic acid groups (broad SMARTS) is 1. The summed E-state index contributed by atoms with van der Waals surface area (Å²) in [7, 11) is 0. The van der Waals surface area contributed by atoms with Gasteiger partial charge in [0.1, 0.15) is 0 Å². The Kier molecular flexibility index (Phi) is 4.81. The molecule has 0 aliphatic heterocycles. The van der Waals surface area contributed by atoms with Crippen LogP contribution < -0.4 is 0 Å². The van der Waals surface area contributed by atoms with Crippen LogP contribution in [0.2, 0.25) is 0 Å². The third-order valence-corrected chi connectivity index (χ3v) is 2.80. The second-order valence-corrected chi connectivity index (χ2v) is 4.39. The van der Waals surface area contributed by atoms with Crippen LogP contribution in [0.25, 0.3) is 12.2 Å². The van der Waals surface area contributed by atoms with Gasteiger partial charge >= 0.3 is 5.97 Å². The zero-order valence-corrected chi connectivity index (χ0v) is 11.1. The Labute approximate surface area is 120 Å². The van der Waals surface area contributed by atoms with Gasteiger partial charge in [-0.3, -0.25) is 0 Å². The lowest BCUT2D eigenvalue weighted by Gasteiger charge is -2.08. The van der Waals surface area contributed by atoms with Gasteiger partial charge in [0.15, 0.2) is 5.69 Å². The highest BCUT2D eigenvalue weighted by molar-refractivity contribution is 5.90. The third kappa shape index (κ3) is 3.74. The van der Waals surface area contributed by atoms with Gasteiger partial charge in [-0.1, -0.05) is 41.6 Å². The summed E-state index contributed by atoms with van der Waals surface area (Å²) in [6, 6.07) is 9.34. The predicted octanol–water partition coefficient (Wildman–Crippen LogP) is 0.500. The second-order valence-electron chi connectivity index (χ2n) is 4.39. The molecule has 2 rings (SSSR count). The number of nitrogens with zero attached hydrogens (tertiary/aromatic N) is 3. The molecule has 0 bridgehead atoms. The Hall–Kier alpha value is -2.51. The molecule has 21 heavy (non-hydrogen) atoms. The predicted molar refractivity (Wildman–Crippen MR) is 75.4 cm³/mol. The standard InChI is InChI=1S/C14H15N3O4/c18-9-11(19)8-17-12(13(14(20)21)15-16-17)7-6-10-4-2-1-3-5-10/h1-7,11,18-19H,8-9H2,(H,20,21)/b7-6+. The molecule has 1 aromatic heterocycles. The van der Waals surface area contributed by atoms with Gasteiger partial charge in [0, 0.05) is 0 Å². The van der Waals surface area contributed by atoms with Crippen molar-refractivity contribution in [3.63, 3.8) is 0 Å². The van der Waals surface area contributed by atoms with E-state index in [1.54, 1.807) is 12.2 Å². The van der Waals surface area contributed by atoms with Crippen LogP contribution in [0.4, 0.5) is 0 Å². The molecule has 0 radical (unpaired) electrons. The number of hydrogen-bond acceptors (Lipinski definition) is 5. The lowest BCUT2D eigenvalue weighted by atomic mass is 10.2. The van der Waals surface area contributed by atoms with Gasteiger partial charge < -0.3 is 15.3 Å². The van der Waals surface area contributed by atoms with Gasteiger partial charge in [0.05, 0.1) is 24.9 Å². The number of carbonyl (C=O) groups is 1. The van der Waals surface area contributed by atoms with E-state index in [4.69, 9.17) is 10.2 Å². The fourth-order valence-corrected chi connectivity index (χ4v) is 1.77. The lowest BCUT2D eigenvalue weighted by Crippen LogP contribution is -2.21. The average Bonchev–Trinajstić information content (AvgIpc) is 2.89. The van der Waals surface area contributed by atoms with Crippen molar-refractivity contribution < 1.29 is 20.1 Å². The highest BCUT2D eigenvalue weighted by Gasteiger charge is 2.18. The third-order valence-electron chi connectivity index (χ3n) is 2.80. The van der Waals surface area contributed by atoms with Gasteiger partial charge in [0.25, 0.3) is 0 Å². The summed E-state index contributed by atoms with van der Waals surface area (Å²) in [4.78, 5) is 11.1. The summed E-state index contributed by atoms with van der Waals surface area (Å²) in [6.45, 7) is -0.477. The number of aromatic carboxylic acids is 1. The first kappa shape index (κ1) is 14.9. The number of aliphatic hydroxyl groups is 2. The van der Waals surface area contributed by atoms with Gasteiger partial charge in [-0.05, 0) is 11.6 Å². The normalized spacial score (nSPS) is 12.7. The van der Waals surface area contributed by atoms with Gasteiger partial charge in [0.2, 0.25) is 0 Å².